The highest BCUT2D eigenvalue weighted by atomic mass is 16.4. The lowest BCUT2D eigenvalue weighted by Crippen LogP contribution is -2.60. The third kappa shape index (κ3) is 5.26. The van der Waals surface area contributed by atoms with Crippen molar-refractivity contribution in [3.63, 3.8) is 0 Å². The molecule has 0 radical (unpaired) electrons. The molecule has 7 unspecified atom stereocenters. The first-order valence-corrected chi connectivity index (χ1v) is 11.7. The number of carbonyl (C=O) groups is 1. The Labute approximate surface area is 166 Å². The lowest BCUT2D eigenvalue weighted by molar-refractivity contribution is -0.139. The molecule has 2 N–H and O–H groups in total. The second-order valence-electron chi connectivity index (χ2n) is 9.91. The van der Waals surface area contributed by atoms with E-state index in [9.17, 15) is 9.90 Å². The van der Waals surface area contributed by atoms with Gasteiger partial charge < -0.3 is 5.11 Å². The van der Waals surface area contributed by atoms with Crippen LogP contribution in [0.4, 0.5) is 0 Å². The standard InChI is InChI=1S/C23H42N2O2/c1-4-5-9-17-11-12-21-20(13-17)19(18-10-7-6-8-16(18)2)14-22(24-21)25(3)15-23(26)27/h16-22,24H,4-15H2,1-3H3,(H,26,27). The fraction of sp³-hybridized carbons (Fsp3) is 0.957. The van der Waals surface area contributed by atoms with Crippen molar-refractivity contribution in [3.05, 3.63) is 0 Å². The molecule has 2 aliphatic carbocycles. The summed E-state index contributed by atoms with van der Waals surface area (Å²) in [6.07, 6.45) is 15.1. The maximum absolute atomic E-state index is 11.2. The largest absolute Gasteiger partial charge is 0.480 e. The number of nitrogens with one attached hydrogen (secondary N) is 1. The predicted molar refractivity (Wildman–Crippen MR) is 111 cm³/mol. The number of unbranched alkanes of at least 4 members (excludes halogenated alkanes) is 1. The molecule has 0 bridgehead atoms. The van der Waals surface area contributed by atoms with Crippen LogP contribution in [0.3, 0.4) is 0 Å². The normalized spacial score (nSPS) is 39.9. The summed E-state index contributed by atoms with van der Waals surface area (Å²) in [6.45, 7) is 4.93. The van der Waals surface area contributed by atoms with Crippen molar-refractivity contribution >= 4 is 5.97 Å². The molecule has 0 aromatic rings. The van der Waals surface area contributed by atoms with Gasteiger partial charge in [-0.25, -0.2) is 0 Å². The lowest BCUT2D eigenvalue weighted by Gasteiger charge is -2.53. The average Bonchev–Trinajstić information content (AvgIpc) is 2.65. The molecular formula is C23H42N2O2. The van der Waals surface area contributed by atoms with E-state index in [1.54, 1.807) is 0 Å². The van der Waals surface area contributed by atoms with Gasteiger partial charge in [-0.15, -0.1) is 0 Å². The maximum atomic E-state index is 11.2. The van der Waals surface area contributed by atoms with Crippen molar-refractivity contribution in [3.8, 4) is 0 Å². The molecule has 0 spiro atoms. The summed E-state index contributed by atoms with van der Waals surface area (Å²) < 4.78 is 0. The van der Waals surface area contributed by atoms with E-state index in [1.807, 2.05) is 11.9 Å². The smallest absolute Gasteiger partial charge is 0.317 e. The molecule has 1 aliphatic heterocycles. The van der Waals surface area contributed by atoms with Crippen LogP contribution in [0, 0.1) is 29.6 Å². The van der Waals surface area contributed by atoms with E-state index in [0.29, 0.717) is 6.04 Å². The van der Waals surface area contributed by atoms with Crippen LogP contribution >= 0.6 is 0 Å². The van der Waals surface area contributed by atoms with Crippen LogP contribution in [0.15, 0.2) is 0 Å². The molecule has 156 valence electrons. The van der Waals surface area contributed by atoms with Crippen molar-refractivity contribution in [2.75, 3.05) is 13.6 Å². The van der Waals surface area contributed by atoms with Crippen LogP contribution in [0.25, 0.3) is 0 Å². The van der Waals surface area contributed by atoms with Gasteiger partial charge in [0, 0.05) is 6.04 Å². The highest BCUT2D eigenvalue weighted by Gasteiger charge is 2.46. The summed E-state index contributed by atoms with van der Waals surface area (Å²) in [5.74, 6) is 3.47. The molecule has 1 heterocycles. The highest BCUT2D eigenvalue weighted by Crippen LogP contribution is 2.48. The second kappa shape index (κ2) is 9.73. The number of fused-ring (bicyclic) bond motifs is 1. The number of likely N-dealkylation sites (N-methyl/N-ethyl adjacent to an activating group) is 1. The number of carboxylic acids is 1. The molecule has 3 aliphatic rings. The number of carboxylic acid groups (broad SMARTS) is 1. The van der Waals surface area contributed by atoms with E-state index in [0.717, 1.165) is 36.0 Å². The topological polar surface area (TPSA) is 52.6 Å². The van der Waals surface area contributed by atoms with Crippen LogP contribution in [-0.2, 0) is 4.79 Å². The number of aliphatic carboxylic acids is 1. The minimum atomic E-state index is -0.715. The third-order valence-electron chi connectivity index (χ3n) is 8.07. The van der Waals surface area contributed by atoms with Crippen molar-refractivity contribution in [1.29, 1.82) is 0 Å². The first-order valence-electron chi connectivity index (χ1n) is 11.7. The molecule has 0 amide bonds. The van der Waals surface area contributed by atoms with Crippen molar-refractivity contribution in [2.45, 2.75) is 96.7 Å². The molecule has 3 fully saturated rings. The molecule has 0 aromatic heterocycles. The summed E-state index contributed by atoms with van der Waals surface area (Å²) in [5, 5.41) is 13.1. The zero-order chi connectivity index (χ0) is 19.4. The van der Waals surface area contributed by atoms with Gasteiger partial charge >= 0.3 is 5.97 Å². The molecule has 27 heavy (non-hydrogen) atoms. The van der Waals surface area contributed by atoms with Crippen LogP contribution in [0.2, 0.25) is 0 Å². The highest BCUT2D eigenvalue weighted by molar-refractivity contribution is 5.69. The fourth-order valence-corrected chi connectivity index (χ4v) is 6.58. The van der Waals surface area contributed by atoms with Crippen LogP contribution in [0.1, 0.15) is 84.5 Å². The number of hydrogen-bond acceptors (Lipinski definition) is 3. The van der Waals surface area contributed by atoms with Crippen molar-refractivity contribution < 1.29 is 9.90 Å². The van der Waals surface area contributed by atoms with Gasteiger partial charge in [-0.05, 0) is 68.7 Å². The lowest BCUT2D eigenvalue weighted by atomic mass is 9.60. The minimum Gasteiger partial charge on any atom is -0.480 e. The second-order valence-corrected chi connectivity index (χ2v) is 9.91. The average molecular weight is 379 g/mol. The quantitative estimate of drug-likeness (QED) is 0.672. The number of hydrogen-bond donors (Lipinski definition) is 2. The summed E-state index contributed by atoms with van der Waals surface area (Å²) in [4.78, 5) is 13.3. The van der Waals surface area contributed by atoms with Crippen LogP contribution in [-0.4, -0.2) is 41.8 Å². The zero-order valence-electron chi connectivity index (χ0n) is 17.8. The van der Waals surface area contributed by atoms with E-state index in [2.05, 4.69) is 19.2 Å². The summed E-state index contributed by atoms with van der Waals surface area (Å²) in [5.41, 5.74) is 0. The van der Waals surface area contributed by atoms with E-state index in [4.69, 9.17) is 0 Å². The molecule has 1 saturated heterocycles. The fourth-order valence-electron chi connectivity index (χ4n) is 6.58. The van der Waals surface area contributed by atoms with E-state index >= 15 is 0 Å². The Kier molecular flexibility index (Phi) is 7.61. The summed E-state index contributed by atoms with van der Waals surface area (Å²) in [7, 11) is 1.99. The van der Waals surface area contributed by atoms with Crippen LogP contribution in [0.5, 0.6) is 0 Å². The van der Waals surface area contributed by atoms with Crippen molar-refractivity contribution in [1.82, 2.24) is 10.2 Å². The Morgan fingerprint density at radius 2 is 1.85 bits per heavy atom. The first kappa shape index (κ1) is 21.1. The Bertz CT molecular complexity index is 483. The Morgan fingerprint density at radius 1 is 1.07 bits per heavy atom. The first-order chi connectivity index (χ1) is 13.0. The molecule has 4 nitrogen and oxygen atoms in total. The van der Waals surface area contributed by atoms with E-state index in [1.165, 1.54) is 64.2 Å². The van der Waals surface area contributed by atoms with Gasteiger partial charge in [0.2, 0.25) is 0 Å². The monoisotopic (exact) mass is 378 g/mol. The summed E-state index contributed by atoms with van der Waals surface area (Å²) in [6, 6.07) is 0.594. The number of piperidine rings is 1. The van der Waals surface area contributed by atoms with Gasteiger partial charge in [0.15, 0.2) is 0 Å². The Hall–Kier alpha value is -0.610. The Balaban J connectivity index is 1.74. The SMILES string of the molecule is CCCCC1CCC2NC(N(C)CC(=O)O)CC(C3CCCCC3C)C2C1. The third-order valence-corrected chi connectivity index (χ3v) is 8.07. The van der Waals surface area contributed by atoms with E-state index < -0.39 is 5.97 Å². The molecule has 3 rings (SSSR count). The molecule has 2 saturated carbocycles. The van der Waals surface area contributed by atoms with E-state index in [-0.39, 0.29) is 12.7 Å². The number of rotatable bonds is 7. The molecule has 0 aromatic carbocycles. The zero-order valence-corrected chi connectivity index (χ0v) is 17.8. The maximum Gasteiger partial charge on any atom is 0.317 e. The van der Waals surface area contributed by atoms with Gasteiger partial charge in [0.25, 0.3) is 0 Å². The van der Waals surface area contributed by atoms with Crippen molar-refractivity contribution in [2.24, 2.45) is 29.6 Å². The molecule has 4 heteroatoms. The van der Waals surface area contributed by atoms with Crippen LogP contribution < -0.4 is 5.32 Å². The summed E-state index contributed by atoms with van der Waals surface area (Å²) >= 11 is 0. The Morgan fingerprint density at radius 3 is 2.56 bits per heavy atom. The van der Waals surface area contributed by atoms with Gasteiger partial charge in [-0.2, -0.15) is 0 Å². The van der Waals surface area contributed by atoms with Gasteiger partial charge in [-0.1, -0.05) is 52.4 Å². The van der Waals surface area contributed by atoms with Gasteiger partial charge in [-0.3, -0.25) is 15.0 Å². The minimum absolute atomic E-state index is 0.140. The van der Waals surface area contributed by atoms with Gasteiger partial charge in [0.1, 0.15) is 0 Å². The molecular weight excluding hydrogens is 336 g/mol. The van der Waals surface area contributed by atoms with Gasteiger partial charge in [0.05, 0.1) is 12.7 Å². The molecule has 7 atom stereocenters. The predicted octanol–water partition coefficient (Wildman–Crippen LogP) is 4.74. The number of nitrogens with zero attached hydrogens (tertiary/aromatic N) is 1.